The summed E-state index contributed by atoms with van der Waals surface area (Å²) in [7, 11) is 0. The molecule has 3 aromatic rings. The van der Waals surface area contributed by atoms with Crippen molar-refractivity contribution < 1.29 is 4.74 Å². The Labute approximate surface area is 216 Å². The number of aryl methyl sites for hydroxylation is 1. The predicted molar refractivity (Wildman–Crippen MR) is 145 cm³/mol. The molecule has 0 radical (unpaired) electrons. The van der Waals surface area contributed by atoms with E-state index >= 15 is 0 Å². The molecule has 2 N–H and O–H groups in total. The summed E-state index contributed by atoms with van der Waals surface area (Å²) in [6.07, 6.45) is 5.83. The van der Waals surface area contributed by atoms with E-state index in [0.717, 1.165) is 59.9 Å². The van der Waals surface area contributed by atoms with Crippen molar-refractivity contribution in [2.75, 3.05) is 30.3 Å². The van der Waals surface area contributed by atoms with E-state index < -0.39 is 0 Å². The highest BCUT2D eigenvalue weighted by atomic mass is 35.5. The van der Waals surface area contributed by atoms with Gasteiger partial charge in [0.25, 0.3) is 0 Å². The largest absolute Gasteiger partial charge is 0.373 e. The van der Waals surface area contributed by atoms with Crippen molar-refractivity contribution in [1.29, 1.82) is 0 Å². The summed E-state index contributed by atoms with van der Waals surface area (Å²) < 4.78 is 5.86. The smallest absolute Gasteiger partial charge is 0.227 e. The van der Waals surface area contributed by atoms with Gasteiger partial charge in [0.15, 0.2) is 0 Å². The Kier molecular flexibility index (Phi) is 6.98. The number of anilines is 3. The standard InChI is InChI=1S/C26H29ClN6OS/c1-15-13-33(14-16(2)34-15)7-6-18-8-22(17(3)28-11-18)31-26-29-12-19-9-24(35)30-23-10-20(27)4-5-21(23)25(19)32-26/h4-5,8,10-12,15-16H,6-7,9,13-14H2,1-3H3,(H,30,35)(H,29,31,32)/t15-,16+. The molecule has 2 aromatic heterocycles. The minimum absolute atomic E-state index is 0.267. The van der Waals surface area contributed by atoms with Gasteiger partial charge < -0.3 is 15.4 Å². The van der Waals surface area contributed by atoms with Crippen molar-refractivity contribution in [1.82, 2.24) is 19.9 Å². The third-order valence-electron chi connectivity index (χ3n) is 6.33. The second-order valence-electron chi connectivity index (χ2n) is 9.35. The van der Waals surface area contributed by atoms with Crippen molar-refractivity contribution in [3.63, 3.8) is 0 Å². The molecule has 4 heterocycles. The third-order valence-corrected chi connectivity index (χ3v) is 6.81. The summed E-state index contributed by atoms with van der Waals surface area (Å²) in [6.45, 7) is 9.15. The Morgan fingerprint density at radius 1 is 1.17 bits per heavy atom. The summed E-state index contributed by atoms with van der Waals surface area (Å²) in [5.41, 5.74) is 6.62. The summed E-state index contributed by atoms with van der Waals surface area (Å²) in [5, 5.41) is 7.32. The SMILES string of the molecule is Cc1ncc(CCN2C[C@@H](C)O[C@@H](C)C2)cc1Nc1ncc2c(n1)-c1ccc(Cl)cc1NC(=S)C2. The number of hydrogen-bond acceptors (Lipinski definition) is 7. The zero-order valence-corrected chi connectivity index (χ0v) is 21.7. The van der Waals surface area contributed by atoms with Crippen LogP contribution in [0, 0.1) is 6.92 Å². The Hall–Kier alpha value is -2.65. The fourth-order valence-electron chi connectivity index (χ4n) is 4.74. The molecule has 1 aromatic carbocycles. The molecule has 0 bridgehead atoms. The van der Waals surface area contributed by atoms with Gasteiger partial charge in [0.05, 0.1) is 34.3 Å². The number of thiocarbonyl (C=S) groups is 1. The summed E-state index contributed by atoms with van der Waals surface area (Å²) in [5.74, 6) is 0.523. The molecular formula is C26H29ClN6OS. The number of halogens is 1. The lowest BCUT2D eigenvalue weighted by molar-refractivity contribution is -0.0675. The second kappa shape index (κ2) is 10.1. The van der Waals surface area contributed by atoms with Gasteiger partial charge in [-0.2, -0.15) is 0 Å². The fraction of sp³-hybridized carbons (Fsp3) is 0.385. The lowest BCUT2D eigenvalue weighted by Gasteiger charge is -2.35. The van der Waals surface area contributed by atoms with Crippen LogP contribution >= 0.6 is 23.8 Å². The number of benzene rings is 1. The zero-order chi connectivity index (χ0) is 24.5. The van der Waals surface area contributed by atoms with Crippen LogP contribution in [0.5, 0.6) is 0 Å². The molecular weight excluding hydrogens is 480 g/mol. The van der Waals surface area contributed by atoms with Crippen molar-refractivity contribution in [2.24, 2.45) is 0 Å². The molecule has 0 spiro atoms. The van der Waals surface area contributed by atoms with Crippen LogP contribution < -0.4 is 10.6 Å². The van der Waals surface area contributed by atoms with Crippen LogP contribution in [-0.4, -0.2) is 56.7 Å². The normalized spacial score (nSPS) is 19.9. The van der Waals surface area contributed by atoms with Crippen LogP contribution in [0.25, 0.3) is 11.3 Å². The Morgan fingerprint density at radius 2 is 1.97 bits per heavy atom. The highest BCUT2D eigenvalue weighted by Crippen LogP contribution is 2.35. The summed E-state index contributed by atoms with van der Waals surface area (Å²) >= 11 is 11.7. The van der Waals surface area contributed by atoms with E-state index in [9.17, 15) is 0 Å². The molecule has 0 unspecified atom stereocenters. The predicted octanol–water partition coefficient (Wildman–Crippen LogP) is 5.19. The van der Waals surface area contributed by atoms with Gasteiger partial charge in [0.1, 0.15) is 0 Å². The highest BCUT2D eigenvalue weighted by molar-refractivity contribution is 7.80. The van der Waals surface area contributed by atoms with Crippen LogP contribution in [0.1, 0.15) is 30.7 Å². The number of hydrogen-bond donors (Lipinski definition) is 2. The van der Waals surface area contributed by atoms with E-state index in [2.05, 4.69) is 45.4 Å². The molecule has 1 saturated heterocycles. The molecule has 0 aliphatic carbocycles. The number of rotatable bonds is 5. The first kappa shape index (κ1) is 24.1. The van der Waals surface area contributed by atoms with Gasteiger partial charge in [0, 0.05) is 60.3 Å². The van der Waals surface area contributed by atoms with Gasteiger partial charge in [-0.1, -0.05) is 23.8 Å². The van der Waals surface area contributed by atoms with E-state index in [0.29, 0.717) is 22.4 Å². The Balaban J connectivity index is 1.36. The molecule has 35 heavy (non-hydrogen) atoms. The minimum atomic E-state index is 0.267. The number of ether oxygens (including phenoxy) is 1. The van der Waals surface area contributed by atoms with Gasteiger partial charge in [0.2, 0.25) is 5.95 Å². The number of nitrogens with one attached hydrogen (secondary N) is 2. The third kappa shape index (κ3) is 5.62. The molecule has 0 amide bonds. The van der Waals surface area contributed by atoms with Gasteiger partial charge in [-0.3, -0.25) is 9.88 Å². The van der Waals surface area contributed by atoms with E-state index in [-0.39, 0.29) is 12.2 Å². The summed E-state index contributed by atoms with van der Waals surface area (Å²) in [6, 6.07) is 7.86. The van der Waals surface area contributed by atoms with Crippen LogP contribution in [0.2, 0.25) is 5.02 Å². The first-order chi connectivity index (χ1) is 16.8. The molecule has 182 valence electrons. The van der Waals surface area contributed by atoms with E-state index in [1.54, 1.807) is 0 Å². The van der Waals surface area contributed by atoms with Gasteiger partial charge in [-0.05, 0) is 57.0 Å². The number of fused-ring (bicyclic) bond motifs is 3. The molecule has 2 aliphatic rings. The van der Waals surface area contributed by atoms with E-state index in [1.165, 1.54) is 5.56 Å². The van der Waals surface area contributed by atoms with E-state index in [4.69, 9.17) is 33.5 Å². The molecule has 7 nitrogen and oxygen atoms in total. The van der Waals surface area contributed by atoms with Crippen LogP contribution in [-0.2, 0) is 17.6 Å². The van der Waals surface area contributed by atoms with Gasteiger partial charge in [-0.15, -0.1) is 0 Å². The minimum Gasteiger partial charge on any atom is -0.373 e. The monoisotopic (exact) mass is 508 g/mol. The van der Waals surface area contributed by atoms with Crippen molar-refractivity contribution in [3.05, 3.63) is 58.5 Å². The highest BCUT2D eigenvalue weighted by Gasteiger charge is 2.22. The van der Waals surface area contributed by atoms with Crippen molar-refractivity contribution in [2.45, 2.75) is 45.8 Å². The van der Waals surface area contributed by atoms with Crippen molar-refractivity contribution >= 4 is 46.1 Å². The maximum Gasteiger partial charge on any atom is 0.227 e. The van der Waals surface area contributed by atoms with Crippen LogP contribution in [0.3, 0.4) is 0 Å². The lowest BCUT2D eigenvalue weighted by atomic mass is 10.1. The topological polar surface area (TPSA) is 75.2 Å². The summed E-state index contributed by atoms with van der Waals surface area (Å²) in [4.78, 5) is 17.2. The number of pyridine rings is 1. The lowest BCUT2D eigenvalue weighted by Crippen LogP contribution is -2.46. The molecule has 1 fully saturated rings. The van der Waals surface area contributed by atoms with Gasteiger partial charge >= 0.3 is 0 Å². The molecule has 5 rings (SSSR count). The second-order valence-corrected chi connectivity index (χ2v) is 10.3. The maximum atomic E-state index is 6.22. The van der Waals surface area contributed by atoms with Crippen molar-refractivity contribution in [3.8, 4) is 11.3 Å². The number of nitrogens with zero attached hydrogens (tertiary/aromatic N) is 4. The molecule has 2 atom stereocenters. The molecule has 2 aliphatic heterocycles. The average Bonchev–Trinajstić information content (AvgIpc) is 2.93. The zero-order valence-electron chi connectivity index (χ0n) is 20.1. The van der Waals surface area contributed by atoms with Crippen LogP contribution in [0.4, 0.5) is 17.3 Å². The maximum absolute atomic E-state index is 6.22. The first-order valence-electron chi connectivity index (χ1n) is 11.9. The Bertz CT molecular complexity index is 1260. The first-order valence-corrected chi connectivity index (χ1v) is 12.7. The number of morpholine rings is 1. The van der Waals surface area contributed by atoms with Gasteiger partial charge in [-0.25, -0.2) is 9.97 Å². The number of aromatic nitrogens is 3. The molecule has 0 saturated carbocycles. The quantitative estimate of drug-likeness (QED) is 0.456. The van der Waals surface area contributed by atoms with E-state index in [1.807, 2.05) is 37.5 Å². The van der Waals surface area contributed by atoms with Crippen LogP contribution in [0.15, 0.2) is 36.7 Å². The fourth-order valence-corrected chi connectivity index (χ4v) is 5.18. The average molecular weight is 509 g/mol. The molecule has 9 heteroatoms. The Morgan fingerprint density at radius 3 is 2.77 bits per heavy atom.